The van der Waals surface area contributed by atoms with E-state index in [1.54, 1.807) is 20.0 Å². The number of hydrogen-bond donors (Lipinski definition) is 2. The van der Waals surface area contributed by atoms with Gasteiger partial charge in [-0.2, -0.15) is 5.10 Å². The number of hydrogen-bond acceptors (Lipinski definition) is 2. The number of aromatic nitrogens is 2. The zero-order chi connectivity index (χ0) is 13.1. The van der Waals surface area contributed by atoms with Gasteiger partial charge in [0.1, 0.15) is 5.82 Å². The summed E-state index contributed by atoms with van der Waals surface area (Å²) >= 11 is 0. The largest absolute Gasteiger partial charge is 0.306 e. The molecule has 0 aliphatic rings. The number of H-pyrrole nitrogens is 1. The third kappa shape index (κ3) is 2.76. The third-order valence-electron chi connectivity index (χ3n) is 3.13. The Morgan fingerprint density at radius 2 is 2.00 bits per heavy atom. The van der Waals surface area contributed by atoms with Gasteiger partial charge in [0.15, 0.2) is 0 Å². The standard InChI is InChI=1S/C14H18FN3/c1-9-4-12(5-10(2)14(9)15)6-16-11(3)13-7-17-18-8-13/h4-5,7-8,11,16H,6H2,1-3H3,(H,17,18). The normalized spacial score (nSPS) is 12.7. The summed E-state index contributed by atoms with van der Waals surface area (Å²) in [5.41, 5.74) is 3.61. The molecular formula is C14H18FN3. The molecule has 0 saturated heterocycles. The van der Waals surface area contributed by atoms with Crippen LogP contribution >= 0.6 is 0 Å². The molecule has 0 aliphatic carbocycles. The van der Waals surface area contributed by atoms with Gasteiger partial charge in [0.25, 0.3) is 0 Å². The smallest absolute Gasteiger partial charge is 0.129 e. The molecule has 3 nitrogen and oxygen atoms in total. The van der Waals surface area contributed by atoms with Crippen molar-refractivity contribution in [2.75, 3.05) is 0 Å². The van der Waals surface area contributed by atoms with Gasteiger partial charge in [-0.05, 0) is 37.5 Å². The first kappa shape index (κ1) is 12.8. The quantitative estimate of drug-likeness (QED) is 0.872. The van der Waals surface area contributed by atoms with E-state index < -0.39 is 0 Å². The van der Waals surface area contributed by atoms with E-state index in [1.807, 2.05) is 18.3 Å². The molecule has 2 aromatic rings. The van der Waals surface area contributed by atoms with Crippen LogP contribution < -0.4 is 5.32 Å². The van der Waals surface area contributed by atoms with Crippen molar-refractivity contribution in [2.24, 2.45) is 0 Å². The first-order valence-electron chi connectivity index (χ1n) is 6.05. The zero-order valence-electron chi connectivity index (χ0n) is 10.9. The number of rotatable bonds is 4. The molecule has 0 aliphatic heterocycles. The number of halogens is 1. The van der Waals surface area contributed by atoms with E-state index in [9.17, 15) is 4.39 Å². The highest BCUT2D eigenvalue weighted by atomic mass is 19.1. The molecule has 1 aromatic carbocycles. The molecule has 0 radical (unpaired) electrons. The second kappa shape index (κ2) is 5.31. The van der Waals surface area contributed by atoms with Crippen LogP contribution in [-0.2, 0) is 6.54 Å². The average Bonchev–Trinajstić information content (AvgIpc) is 2.86. The van der Waals surface area contributed by atoms with Gasteiger partial charge in [-0.25, -0.2) is 4.39 Å². The fourth-order valence-electron chi connectivity index (χ4n) is 2.02. The molecule has 1 atom stereocenters. The lowest BCUT2D eigenvalue weighted by Crippen LogP contribution is -2.17. The maximum absolute atomic E-state index is 13.5. The summed E-state index contributed by atoms with van der Waals surface area (Å²) in [6.07, 6.45) is 3.68. The van der Waals surface area contributed by atoms with E-state index in [1.165, 1.54) is 0 Å². The second-order valence-corrected chi connectivity index (χ2v) is 4.68. The molecule has 1 heterocycles. The van der Waals surface area contributed by atoms with E-state index >= 15 is 0 Å². The van der Waals surface area contributed by atoms with Crippen LogP contribution in [0.3, 0.4) is 0 Å². The van der Waals surface area contributed by atoms with Crippen molar-refractivity contribution in [3.8, 4) is 0 Å². The summed E-state index contributed by atoms with van der Waals surface area (Å²) in [7, 11) is 0. The lowest BCUT2D eigenvalue weighted by atomic mass is 10.1. The molecule has 0 amide bonds. The van der Waals surface area contributed by atoms with Crippen LogP contribution in [0.25, 0.3) is 0 Å². The van der Waals surface area contributed by atoms with Gasteiger partial charge in [-0.1, -0.05) is 12.1 Å². The Hall–Kier alpha value is -1.68. The first-order valence-corrected chi connectivity index (χ1v) is 6.05. The SMILES string of the molecule is Cc1cc(CNC(C)c2cn[nH]c2)cc(C)c1F. The topological polar surface area (TPSA) is 40.7 Å². The molecule has 2 N–H and O–H groups in total. The minimum Gasteiger partial charge on any atom is -0.306 e. The Labute approximate surface area is 106 Å². The van der Waals surface area contributed by atoms with Crippen LogP contribution in [0.2, 0.25) is 0 Å². The zero-order valence-corrected chi connectivity index (χ0v) is 10.9. The maximum atomic E-state index is 13.5. The van der Waals surface area contributed by atoms with Crippen LogP contribution in [0.4, 0.5) is 4.39 Å². The predicted molar refractivity (Wildman–Crippen MR) is 69.7 cm³/mol. The highest BCUT2D eigenvalue weighted by Gasteiger charge is 2.08. The van der Waals surface area contributed by atoms with E-state index in [0.717, 1.165) is 11.1 Å². The van der Waals surface area contributed by atoms with Crippen molar-refractivity contribution in [2.45, 2.75) is 33.4 Å². The van der Waals surface area contributed by atoms with Gasteiger partial charge in [0.05, 0.1) is 6.20 Å². The predicted octanol–water partition coefficient (Wildman–Crippen LogP) is 3.02. The van der Waals surface area contributed by atoms with Gasteiger partial charge >= 0.3 is 0 Å². The second-order valence-electron chi connectivity index (χ2n) is 4.68. The number of benzene rings is 1. The fourth-order valence-corrected chi connectivity index (χ4v) is 2.02. The molecule has 18 heavy (non-hydrogen) atoms. The van der Waals surface area contributed by atoms with E-state index in [2.05, 4.69) is 22.4 Å². The molecule has 4 heteroatoms. The Bertz CT molecular complexity index is 497. The minimum absolute atomic E-state index is 0.110. The summed E-state index contributed by atoms with van der Waals surface area (Å²) in [6.45, 7) is 6.39. The van der Waals surface area contributed by atoms with Gasteiger partial charge < -0.3 is 5.32 Å². The van der Waals surface area contributed by atoms with Crippen molar-refractivity contribution in [1.29, 1.82) is 0 Å². The van der Waals surface area contributed by atoms with E-state index in [-0.39, 0.29) is 11.9 Å². The summed E-state index contributed by atoms with van der Waals surface area (Å²) < 4.78 is 13.5. The Balaban J connectivity index is 2.02. The number of nitrogens with one attached hydrogen (secondary N) is 2. The highest BCUT2D eigenvalue weighted by Crippen LogP contribution is 2.16. The van der Waals surface area contributed by atoms with E-state index in [0.29, 0.717) is 17.7 Å². The Kier molecular flexibility index (Phi) is 3.77. The number of nitrogens with zero attached hydrogens (tertiary/aromatic N) is 1. The summed E-state index contributed by atoms with van der Waals surface area (Å²) in [6, 6.07) is 3.99. The average molecular weight is 247 g/mol. The van der Waals surface area contributed by atoms with Crippen LogP contribution in [0.15, 0.2) is 24.5 Å². The Morgan fingerprint density at radius 1 is 1.33 bits per heavy atom. The monoisotopic (exact) mass is 247 g/mol. The van der Waals surface area contributed by atoms with Gasteiger partial charge in [0.2, 0.25) is 0 Å². The summed E-state index contributed by atoms with van der Waals surface area (Å²) in [5, 5.41) is 10.1. The molecule has 96 valence electrons. The van der Waals surface area contributed by atoms with Crippen molar-refractivity contribution in [3.63, 3.8) is 0 Å². The molecule has 1 aromatic heterocycles. The maximum Gasteiger partial charge on any atom is 0.129 e. The molecule has 0 bridgehead atoms. The van der Waals surface area contributed by atoms with Crippen molar-refractivity contribution < 1.29 is 4.39 Å². The van der Waals surface area contributed by atoms with Crippen LogP contribution in [-0.4, -0.2) is 10.2 Å². The number of aromatic amines is 1. The van der Waals surface area contributed by atoms with Gasteiger partial charge in [-0.3, -0.25) is 5.10 Å². The molecule has 0 spiro atoms. The van der Waals surface area contributed by atoms with Crippen LogP contribution in [0, 0.1) is 19.7 Å². The minimum atomic E-state index is -0.110. The van der Waals surface area contributed by atoms with Crippen LogP contribution in [0.5, 0.6) is 0 Å². The van der Waals surface area contributed by atoms with Crippen molar-refractivity contribution in [3.05, 3.63) is 52.6 Å². The fraction of sp³-hybridized carbons (Fsp3) is 0.357. The first-order chi connectivity index (χ1) is 8.58. The van der Waals surface area contributed by atoms with Gasteiger partial charge in [0, 0.05) is 24.3 Å². The van der Waals surface area contributed by atoms with Crippen molar-refractivity contribution >= 4 is 0 Å². The van der Waals surface area contributed by atoms with Crippen LogP contribution in [0.1, 0.15) is 35.2 Å². The summed E-state index contributed by atoms with van der Waals surface area (Å²) in [4.78, 5) is 0. The molecule has 1 unspecified atom stereocenters. The summed E-state index contributed by atoms with van der Waals surface area (Å²) in [5.74, 6) is -0.110. The molecule has 0 fully saturated rings. The lowest BCUT2D eigenvalue weighted by molar-refractivity contribution is 0.570. The molecular weight excluding hydrogens is 229 g/mol. The van der Waals surface area contributed by atoms with E-state index in [4.69, 9.17) is 0 Å². The van der Waals surface area contributed by atoms with Gasteiger partial charge in [-0.15, -0.1) is 0 Å². The molecule has 0 saturated carbocycles. The molecule has 2 rings (SSSR count). The van der Waals surface area contributed by atoms with Crippen molar-refractivity contribution in [1.82, 2.24) is 15.5 Å². The highest BCUT2D eigenvalue weighted by molar-refractivity contribution is 5.30. The Morgan fingerprint density at radius 3 is 2.56 bits per heavy atom. The lowest BCUT2D eigenvalue weighted by Gasteiger charge is -2.13. The third-order valence-corrected chi connectivity index (χ3v) is 3.13. The number of aryl methyl sites for hydroxylation is 2.